The molecule has 0 fully saturated rings. The summed E-state index contributed by atoms with van der Waals surface area (Å²) in [6.45, 7) is 2.12. The van der Waals surface area contributed by atoms with Gasteiger partial charge >= 0.3 is 0 Å². The molecule has 5 nitrogen and oxygen atoms in total. The van der Waals surface area contributed by atoms with Crippen LogP contribution in [0.4, 0.5) is 5.13 Å². The molecule has 1 atom stereocenters. The molecule has 0 spiro atoms. The van der Waals surface area contributed by atoms with E-state index in [-0.39, 0.29) is 6.04 Å². The zero-order chi connectivity index (χ0) is 13.7. The first-order chi connectivity index (χ1) is 9.28. The zero-order valence-electron chi connectivity index (χ0n) is 11.2. The summed E-state index contributed by atoms with van der Waals surface area (Å²) < 4.78 is 10.6. The maximum Gasteiger partial charge on any atom is 0.205 e. The number of aromatic nitrogens is 2. The van der Waals surface area contributed by atoms with Crippen molar-refractivity contribution in [1.82, 2.24) is 10.2 Å². The molecule has 0 amide bonds. The predicted molar refractivity (Wildman–Crippen MR) is 76.1 cm³/mol. The van der Waals surface area contributed by atoms with Gasteiger partial charge in [-0.15, -0.1) is 10.2 Å². The van der Waals surface area contributed by atoms with Gasteiger partial charge in [0.15, 0.2) is 11.5 Å². The molecule has 0 saturated heterocycles. The van der Waals surface area contributed by atoms with Crippen LogP contribution >= 0.6 is 11.3 Å². The summed E-state index contributed by atoms with van der Waals surface area (Å²) in [5, 5.41) is 12.0. The molecule has 0 aliphatic heterocycles. The number of hydrogen-bond donors (Lipinski definition) is 1. The minimum Gasteiger partial charge on any atom is -0.493 e. The first-order valence-corrected chi connectivity index (χ1v) is 6.91. The lowest BCUT2D eigenvalue weighted by atomic mass is 10.0. The van der Waals surface area contributed by atoms with Crippen LogP contribution in [0.2, 0.25) is 0 Å². The van der Waals surface area contributed by atoms with E-state index >= 15 is 0 Å². The third kappa shape index (κ3) is 3.14. The lowest BCUT2D eigenvalue weighted by molar-refractivity contribution is 0.354. The third-order valence-electron chi connectivity index (χ3n) is 2.88. The van der Waals surface area contributed by atoms with E-state index in [9.17, 15) is 0 Å². The molecule has 19 heavy (non-hydrogen) atoms. The number of anilines is 1. The minimum absolute atomic E-state index is 0.174. The normalized spacial score (nSPS) is 11.9. The summed E-state index contributed by atoms with van der Waals surface area (Å²) in [6.07, 6.45) is 0.940. The Morgan fingerprint density at radius 2 is 2.05 bits per heavy atom. The van der Waals surface area contributed by atoms with Crippen LogP contribution < -0.4 is 14.8 Å². The Hall–Kier alpha value is -1.82. The Morgan fingerprint density at radius 1 is 1.26 bits per heavy atom. The van der Waals surface area contributed by atoms with E-state index in [1.165, 1.54) is 11.3 Å². The highest BCUT2D eigenvalue weighted by molar-refractivity contribution is 7.13. The second kappa shape index (κ2) is 6.38. The second-order valence-electron chi connectivity index (χ2n) is 3.96. The first-order valence-electron chi connectivity index (χ1n) is 6.03. The number of nitrogens with zero attached hydrogens (tertiary/aromatic N) is 2. The summed E-state index contributed by atoms with van der Waals surface area (Å²) in [5.74, 6) is 1.47. The molecule has 0 radical (unpaired) electrons. The van der Waals surface area contributed by atoms with Crippen molar-refractivity contribution >= 4 is 16.5 Å². The van der Waals surface area contributed by atoms with Gasteiger partial charge in [0.1, 0.15) is 5.51 Å². The molecule has 0 saturated carbocycles. The Balaban J connectivity index is 2.23. The molecule has 0 aliphatic rings. The molecular weight excluding hydrogens is 262 g/mol. The molecule has 1 unspecified atom stereocenters. The van der Waals surface area contributed by atoms with Crippen molar-refractivity contribution in [3.8, 4) is 11.5 Å². The van der Waals surface area contributed by atoms with Crippen molar-refractivity contribution in [3.63, 3.8) is 0 Å². The van der Waals surface area contributed by atoms with Gasteiger partial charge in [-0.25, -0.2) is 0 Å². The standard InChI is InChI=1S/C13H17N3O2S/c1-4-10(15-13-16-14-8-19-13)9-5-6-11(17-2)12(7-9)18-3/h5-8,10H,4H2,1-3H3,(H,15,16). The van der Waals surface area contributed by atoms with Crippen LogP contribution in [0.25, 0.3) is 0 Å². The minimum atomic E-state index is 0.174. The van der Waals surface area contributed by atoms with Crippen molar-refractivity contribution in [1.29, 1.82) is 0 Å². The van der Waals surface area contributed by atoms with Crippen LogP contribution in [0.5, 0.6) is 11.5 Å². The highest BCUT2D eigenvalue weighted by atomic mass is 32.1. The third-order valence-corrected chi connectivity index (χ3v) is 3.50. The van der Waals surface area contributed by atoms with Gasteiger partial charge in [0.05, 0.1) is 20.3 Å². The van der Waals surface area contributed by atoms with Crippen LogP contribution in [0, 0.1) is 0 Å². The summed E-state index contributed by atoms with van der Waals surface area (Å²) >= 11 is 1.49. The molecule has 0 bridgehead atoms. The quantitative estimate of drug-likeness (QED) is 0.880. The van der Waals surface area contributed by atoms with Gasteiger partial charge in [-0.3, -0.25) is 0 Å². The predicted octanol–water partition coefficient (Wildman–Crippen LogP) is 3.12. The van der Waals surface area contributed by atoms with E-state index in [0.29, 0.717) is 0 Å². The average Bonchev–Trinajstić information content (AvgIpc) is 2.97. The summed E-state index contributed by atoms with van der Waals surface area (Å²) in [4.78, 5) is 0. The van der Waals surface area contributed by atoms with Crippen LogP contribution in [0.15, 0.2) is 23.7 Å². The molecular formula is C13H17N3O2S. The van der Waals surface area contributed by atoms with Gasteiger partial charge in [-0.2, -0.15) is 0 Å². The van der Waals surface area contributed by atoms with E-state index < -0.39 is 0 Å². The van der Waals surface area contributed by atoms with Gasteiger partial charge in [0.25, 0.3) is 0 Å². The molecule has 1 aromatic carbocycles. The van der Waals surface area contributed by atoms with Crippen molar-refractivity contribution in [2.45, 2.75) is 19.4 Å². The number of nitrogens with one attached hydrogen (secondary N) is 1. The molecule has 2 rings (SSSR count). The lowest BCUT2D eigenvalue weighted by Crippen LogP contribution is -2.09. The van der Waals surface area contributed by atoms with Crippen LogP contribution in [-0.4, -0.2) is 24.4 Å². The lowest BCUT2D eigenvalue weighted by Gasteiger charge is -2.18. The highest BCUT2D eigenvalue weighted by Gasteiger charge is 2.13. The fourth-order valence-corrected chi connectivity index (χ4v) is 2.37. The van der Waals surface area contributed by atoms with E-state index in [1.54, 1.807) is 19.7 Å². The van der Waals surface area contributed by atoms with Crippen LogP contribution in [0.1, 0.15) is 24.9 Å². The SMILES string of the molecule is CCC(Nc1nncs1)c1ccc(OC)c(OC)c1. The molecule has 6 heteroatoms. The van der Waals surface area contributed by atoms with E-state index in [4.69, 9.17) is 9.47 Å². The van der Waals surface area contributed by atoms with Crippen molar-refractivity contribution in [2.75, 3.05) is 19.5 Å². The fraction of sp³-hybridized carbons (Fsp3) is 0.385. The maximum atomic E-state index is 5.33. The van der Waals surface area contributed by atoms with E-state index in [1.807, 2.05) is 18.2 Å². The van der Waals surface area contributed by atoms with E-state index in [2.05, 4.69) is 22.4 Å². The van der Waals surface area contributed by atoms with Gasteiger partial charge in [-0.05, 0) is 24.1 Å². The number of ether oxygens (including phenoxy) is 2. The van der Waals surface area contributed by atoms with Crippen molar-refractivity contribution < 1.29 is 9.47 Å². The van der Waals surface area contributed by atoms with Crippen molar-refractivity contribution in [2.24, 2.45) is 0 Å². The van der Waals surface area contributed by atoms with Crippen LogP contribution in [0.3, 0.4) is 0 Å². The van der Waals surface area contributed by atoms with Gasteiger partial charge in [0, 0.05) is 0 Å². The Kier molecular flexibility index (Phi) is 4.57. The number of hydrogen-bond acceptors (Lipinski definition) is 6. The van der Waals surface area contributed by atoms with Crippen molar-refractivity contribution in [3.05, 3.63) is 29.3 Å². The Bertz CT molecular complexity index is 517. The fourth-order valence-electron chi connectivity index (χ4n) is 1.88. The highest BCUT2D eigenvalue weighted by Crippen LogP contribution is 2.32. The number of rotatable bonds is 6. The maximum absolute atomic E-state index is 5.33. The van der Waals surface area contributed by atoms with Gasteiger partial charge in [-0.1, -0.05) is 24.3 Å². The molecule has 102 valence electrons. The Morgan fingerprint density at radius 3 is 2.63 bits per heavy atom. The molecule has 0 aliphatic carbocycles. The summed E-state index contributed by atoms with van der Waals surface area (Å²) in [5.41, 5.74) is 2.85. The van der Waals surface area contributed by atoms with Crippen LogP contribution in [-0.2, 0) is 0 Å². The second-order valence-corrected chi connectivity index (χ2v) is 4.80. The smallest absolute Gasteiger partial charge is 0.205 e. The summed E-state index contributed by atoms with van der Waals surface area (Å²) in [6, 6.07) is 6.11. The average molecular weight is 279 g/mol. The molecule has 2 aromatic rings. The Labute approximate surface area is 116 Å². The largest absolute Gasteiger partial charge is 0.493 e. The number of methoxy groups -OCH3 is 2. The monoisotopic (exact) mass is 279 g/mol. The molecule has 1 N–H and O–H groups in total. The molecule has 1 aromatic heterocycles. The zero-order valence-corrected chi connectivity index (χ0v) is 12.0. The topological polar surface area (TPSA) is 56.3 Å². The first kappa shape index (κ1) is 13.6. The van der Waals surface area contributed by atoms with Gasteiger partial charge in [0.2, 0.25) is 5.13 Å². The summed E-state index contributed by atoms with van der Waals surface area (Å²) in [7, 11) is 3.27. The van der Waals surface area contributed by atoms with Gasteiger partial charge < -0.3 is 14.8 Å². The van der Waals surface area contributed by atoms with E-state index in [0.717, 1.165) is 28.6 Å². The molecule has 1 heterocycles. The number of benzene rings is 1.